The van der Waals surface area contributed by atoms with Crippen LogP contribution in [0, 0.1) is 0 Å². The highest BCUT2D eigenvalue weighted by Gasteiger charge is 2.32. The van der Waals surface area contributed by atoms with Crippen molar-refractivity contribution in [3.05, 3.63) is 18.2 Å². The third kappa shape index (κ3) is 5.15. The molecule has 2 aliphatic rings. The summed E-state index contributed by atoms with van der Waals surface area (Å²) in [4.78, 5) is 13.3. The van der Waals surface area contributed by atoms with E-state index in [0.717, 1.165) is 17.7 Å². The van der Waals surface area contributed by atoms with Crippen molar-refractivity contribution in [1.29, 1.82) is 0 Å². The van der Waals surface area contributed by atoms with Gasteiger partial charge >= 0.3 is 0 Å². The summed E-state index contributed by atoms with van der Waals surface area (Å²) in [7, 11) is -3.61. The van der Waals surface area contributed by atoms with Crippen LogP contribution in [0.1, 0.15) is 26.7 Å². The number of nitrogens with one attached hydrogen (secondary N) is 2. The highest BCUT2D eigenvalue weighted by Crippen LogP contribution is 2.31. The number of nitrogens with zero attached hydrogens (tertiary/aromatic N) is 1. The van der Waals surface area contributed by atoms with Gasteiger partial charge in [-0.1, -0.05) is 0 Å². The number of benzene rings is 1. The topological polar surface area (TPSA) is 89.4 Å². The van der Waals surface area contributed by atoms with Gasteiger partial charge in [-0.3, -0.25) is 4.79 Å². The summed E-state index contributed by atoms with van der Waals surface area (Å²) >= 11 is 0. The van der Waals surface area contributed by atoms with Crippen LogP contribution in [0.5, 0.6) is 11.5 Å². The lowest BCUT2D eigenvalue weighted by Gasteiger charge is -2.31. The van der Waals surface area contributed by atoms with Crippen molar-refractivity contribution in [3.63, 3.8) is 0 Å². The molecular formula is C19H30N3O5S+. The average Bonchev–Trinajstić information content (AvgIpc) is 3.47. The van der Waals surface area contributed by atoms with E-state index in [1.54, 1.807) is 12.1 Å². The molecular weight excluding hydrogens is 382 g/mol. The molecule has 1 heterocycles. The van der Waals surface area contributed by atoms with E-state index < -0.39 is 10.0 Å². The minimum Gasteiger partial charge on any atom is -0.490 e. The lowest BCUT2D eigenvalue weighted by molar-refractivity contribution is -0.895. The Morgan fingerprint density at radius 2 is 1.79 bits per heavy atom. The van der Waals surface area contributed by atoms with Crippen molar-refractivity contribution in [3.8, 4) is 11.5 Å². The van der Waals surface area contributed by atoms with Crippen molar-refractivity contribution in [2.75, 3.05) is 45.9 Å². The van der Waals surface area contributed by atoms with Crippen LogP contribution in [0.3, 0.4) is 0 Å². The number of hydrogen-bond acceptors (Lipinski definition) is 5. The maximum Gasteiger partial charge on any atom is 0.275 e. The summed E-state index contributed by atoms with van der Waals surface area (Å²) < 4.78 is 38.6. The average molecular weight is 413 g/mol. The smallest absolute Gasteiger partial charge is 0.275 e. The Morgan fingerprint density at radius 1 is 1.14 bits per heavy atom. The number of hydrogen-bond donors (Lipinski definition) is 2. The van der Waals surface area contributed by atoms with Crippen LogP contribution in [0.15, 0.2) is 23.1 Å². The van der Waals surface area contributed by atoms with E-state index in [0.29, 0.717) is 63.5 Å². The van der Waals surface area contributed by atoms with E-state index in [9.17, 15) is 13.2 Å². The summed E-state index contributed by atoms with van der Waals surface area (Å²) in [6, 6.07) is 5.09. The molecule has 1 aromatic rings. The van der Waals surface area contributed by atoms with Crippen LogP contribution in [0.2, 0.25) is 0 Å². The van der Waals surface area contributed by atoms with E-state index in [1.807, 2.05) is 13.8 Å². The molecule has 0 aromatic heterocycles. The van der Waals surface area contributed by atoms with Gasteiger partial charge in [0.1, 0.15) is 0 Å². The third-order valence-electron chi connectivity index (χ3n) is 4.94. The SMILES string of the molecule is CCOc1ccc(S(=O)(=O)N2CC[NH+](CC(=O)NC3CC3)CC2)cc1OCC. The zero-order valence-electron chi connectivity index (χ0n) is 16.6. The van der Waals surface area contributed by atoms with Crippen molar-refractivity contribution in [2.24, 2.45) is 0 Å². The predicted octanol–water partition coefficient (Wildman–Crippen LogP) is -0.348. The van der Waals surface area contributed by atoms with E-state index in [4.69, 9.17) is 9.47 Å². The second-order valence-electron chi connectivity index (χ2n) is 7.15. The molecule has 156 valence electrons. The number of ether oxygens (including phenoxy) is 2. The second-order valence-corrected chi connectivity index (χ2v) is 9.09. The molecule has 3 rings (SSSR count). The minimum atomic E-state index is -3.61. The Balaban J connectivity index is 1.63. The molecule has 0 spiro atoms. The van der Waals surface area contributed by atoms with Gasteiger partial charge in [0.15, 0.2) is 18.0 Å². The van der Waals surface area contributed by atoms with Crippen LogP contribution in [-0.4, -0.2) is 70.6 Å². The van der Waals surface area contributed by atoms with Gasteiger partial charge in [0.25, 0.3) is 5.91 Å². The molecule has 0 radical (unpaired) electrons. The summed E-state index contributed by atoms with van der Waals surface area (Å²) in [5.41, 5.74) is 0. The van der Waals surface area contributed by atoms with Crippen molar-refractivity contribution < 1.29 is 27.6 Å². The molecule has 1 saturated carbocycles. The number of quaternary nitrogens is 1. The lowest BCUT2D eigenvalue weighted by Crippen LogP contribution is -3.15. The van der Waals surface area contributed by atoms with Gasteiger partial charge in [-0.05, 0) is 38.8 Å². The Bertz CT molecular complexity index is 787. The molecule has 9 heteroatoms. The molecule has 1 saturated heterocycles. The maximum atomic E-state index is 13.0. The summed E-state index contributed by atoms with van der Waals surface area (Å²) in [6.45, 7) is 7.05. The maximum absolute atomic E-state index is 13.0. The van der Waals surface area contributed by atoms with Gasteiger partial charge in [-0.15, -0.1) is 0 Å². The number of carbonyl (C=O) groups excluding carboxylic acids is 1. The van der Waals surface area contributed by atoms with Crippen molar-refractivity contribution in [2.45, 2.75) is 37.6 Å². The van der Waals surface area contributed by atoms with E-state index in [1.165, 1.54) is 10.4 Å². The molecule has 8 nitrogen and oxygen atoms in total. The van der Waals surface area contributed by atoms with Crippen molar-refractivity contribution in [1.82, 2.24) is 9.62 Å². The highest BCUT2D eigenvalue weighted by atomic mass is 32.2. The standard InChI is InChI=1S/C19H29N3O5S/c1-3-26-17-8-7-16(13-18(17)27-4-2)28(24,25)22-11-9-21(10-12-22)14-19(23)20-15-5-6-15/h7-8,13,15H,3-6,9-12,14H2,1-2H3,(H,20,23)/p+1. The van der Waals surface area contributed by atoms with Gasteiger partial charge in [-0.2, -0.15) is 4.31 Å². The van der Waals surface area contributed by atoms with Crippen LogP contribution < -0.4 is 19.7 Å². The van der Waals surface area contributed by atoms with E-state index >= 15 is 0 Å². The normalized spacial score (nSPS) is 18.6. The van der Waals surface area contributed by atoms with Gasteiger partial charge < -0.3 is 19.7 Å². The number of rotatable bonds is 9. The largest absolute Gasteiger partial charge is 0.490 e. The second kappa shape index (κ2) is 9.11. The Morgan fingerprint density at radius 3 is 2.39 bits per heavy atom. The molecule has 1 amide bonds. The number of piperazine rings is 1. The fourth-order valence-electron chi connectivity index (χ4n) is 3.29. The molecule has 1 aliphatic heterocycles. The van der Waals surface area contributed by atoms with Gasteiger partial charge in [0, 0.05) is 12.1 Å². The minimum absolute atomic E-state index is 0.0571. The van der Waals surface area contributed by atoms with Gasteiger partial charge in [0.05, 0.1) is 44.3 Å². The molecule has 28 heavy (non-hydrogen) atoms. The summed E-state index contributed by atoms with van der Waals surface area (Å²) in [5.74, 6) is 1.03. The highest BCUT2D eigenvalue weighted by molar-refractivity contribution is 7.89. The Labute approximate surface area is 166 Å². The first-order valence-electron chi connectivity index (χ1n) is 9.96. The molecule has 2 fully saturated rings. The lowest BCUT2D eigenvalue weighted by atomic mass is 10.3. The third-order valence-corrected chi connectivity index (χ3v) is 6.83. The zero-order valence-corrected chi connectivity index (χ0v) is 17.4. The molecule has 1 aliphatic carbocycles. The molecule has 1 aromatic carbocycles. The van der Waals surface area contributed by atoms with Gasteiger partial charge in [0.2, 0.25) is 10.0 Å². The van der Waals surface area contributed by atoms with E-state index in [2.05, 4.69) is 5.32 Å². The monoisotopic (exact) mass is 412 g/mol. The fourth-order valence-corrected chi connectivity index (χ4v) is 4.75. The Hall–Kier alpha value is -1.84. The van der Waals surface area contributed by atoms with Gasteiger partial charge in [-0.25, -0.2) is 8.42 Å². The summed E-state index contributed by atoms with van der Waals surface area (Å²) in [6.07, 6.45) is 2.14. The first kappa shape index (κ1) is 20.9. The molecule has 0 atom stereocenters. The molecule has 0 unspecified atom stereocenters. The van der Waals surface area contributed by atoms with Crippen LogP contribution in [-0.2, 0) is 14.8 Å². The molecule has 0 bridgehead atoms. The predicted molar refractivity (Wildman–Crippen MR) is 104 cm³/mol. The van der Waals surface area contributed by atoms with E-state index in [-0.39, 0.29) is 10.8 Å². The first-order valence-corrected chi connectivity index (χ1v) is 11.4. The van der Waals surface area contributed by atoms with Crippen LogP contribution in [0.25, 0.3) is 0 Å². The van der Waals surface area contributed by atoms with Crippen LogP contribution >= 0.6 is 0 Å². The van der Waals surface area contributed by atoms with Crippen LogP contribution in [0.4, 0.5) is 0 Å². The molecule has 2 N–H and O–H groups in total. The number of carbonyl (C=O) groups is 1. The Kier molecular flexibility index (Phi) is 6.79. The summed E-state index contributed by atoms with van der Waals surface area (Å²) in [5, 5.41) is 2.98. The number of amides is 1. The quantitative estimate of drug-likeness (QED) is 0.579. The van der Waals surface area contributed by atoms with Crippen molar-refractivity contribution >= 4 is 15.9 Å². The zero-order chi connectivity index (χ0) is 20.1. The number of sulfonamides is 1. The fraction of sp³-hybridized carbons (Fsp3) is 0.632. The first-order chi connectivity index (χ1) is 13.4.